The molecule has 1 N–H and O–H groups in total. The predicted octanol–water partition coefficient (Wildman–Crippen LogP) is 0.149. The molecule has 86 valence electrons. The molecule has 0 bridgehead atoms. The van der Waals surface area contributed by atoms with E-state index in [0.717, 1.165) is 19.5 Å². The summed E-state index contributed by atoms with van der Waals surface area (Å²) < 4.78 is 6.66. The molecule has 16 heavy (non-hydrogen) atoms. The second-order valence-corrected chi connectivity index (χ2v) is 3.43. The number of aryl methyl sites for hydroxylation is 2. The number of aromatic nitrogens is 5. The lowest BCUT2D eigenvalue weighted by atomic mass is 10.4. The first-order chi connectivity index (χ1) is 7.84. The summed E-state index contributed by atoms with van der Waals surface area (Å²) in [6.07, 6.45) is 4.51. The summed E-state index contributed by atoms with van der Waals surface area (Å²) in [5.41, 5.74) is 0. The quantitative estimate of drug-likeness (QED) is 0.700. The average Bonchev–Trinajstić information content (AvgIpc) is 2.89. The first-order valence-corrected chi connectivity index (χ1v) is 5.18. The Labute approximate surface area is 92.8 Å². The highest BCUT2D eigenvalue weighted by molar-refractivity contribution is 4.82. The molecule has 0 aliphatic heterocycles. The SMILES string of the molecule is Cc1nc(CNCCCn2ccnn2)no1. The van der Waals surface area contributed by atoms with Crippen molar-refractivity contribution in [1.29, 1.82) is 0 Å². The molecule has 0 amide bonds. The Morgan fingerprint density at radius 1 is 1.50 bits per heavy atom. The molecule has 7 nitrogen and oxygen atoms in total. The summed E-state index contributed by atoms with van der Waals surface area (Å²) >= 11 is 0. The van der Waals surface area contributed by atoms with E-state index in [9.17, 15) is 0 Å². The average molecular weight is 222 g/mol. The zero-order chi connectivity index (χ0) is 11.2. The van der Waals surface area contributed by atoms with Gasteiger partial charge in [-0.2, -0.15) is 4.98 Å². The molecule has 0 aromatic carbocycles. The van der Waals surface area contributed by atoms with Crippen LogP contribution in [0.5, 0.6) is 0 Å². The molecular weight excluding hydrogens is 208 g/mol. The smallest absolute Gasteiger partial charge is 0.223 e. The zero-order valence-corrected chi connectivity index (χ0v) is 9.13. The molecule has 7 heteroatoms. The molecule has 0 unspecified atom stereocenters. The van der Waals surface area contributed by atoms with Crippen LogP contribution in [-0.2, 0) is 13.1 Å². The summed E-state index contributed by atoms with van der Waals surface area (Å²) in [5, 5.41) is 14.6. The van der Waals surface area contributed by atoms with Gasteiger partial charge in [-0.25, -0.2) is 0 Å². The summed E-state index contributed by atoms with van der Waals surface area (Å²) in [7, 11) is 0. The van der Waals surface area contributed by atoms with Crippen molar-refractivity contribution >= 4 is 0 Å². The van der Waals surface area contributed by atoms with Crippen LogP contribution in [0, 0.1) is 6.92 Å². The third kappa shape index (κ3) is 3.13. The van der Waals surface area contributed by atoms with Crippen molar-refractivity contribution in [3.05, 3.63) is 24.1 Å². The fourth-order valence-corrected chi connectivity index (χ4v) is 1.33. The molecule has 2 heterocycles. The minimum atomic E-state index is 0.597. The Morgan fingerprint density at radius 3 is 3.12 bits per heavy atom. The Kier molecular flexibility index (Phi) is 3.60. The van der Waals surface area contributed by atoms with E-state index in [-0.39, 0.29) is 0 Å². The molecule has 0 spiro atoms. The Balaban J connectivity index is 1.59. The lowest BCUT2D eigenvalue weighted by Crippen LogP contribution is -2.17. The number of rotatable bonds is 6. The minimum absolute atomic E-state index is 0.597. The zero-order valence-electron chi connectivity index (χ0n) is 9.13. The molecule has 2 aromatic heterocycles. The van der Waals surface area contributed by atoms with Gasteiger partial charge in [0.05, 0.1) is 12.7 Å². The van der Waals surface area contributed by atoms with Crippen LogP contribution in [-0.4, -0.2) is 31.7 Å². The van der Waals surface area contributed by atoms with E-state index in [1.54, 1.807) is 17.8 Å². The minimum Gasteiger partial charge on any atom is -0.340 e. The summed E-state index contributed by atoms with van der Waals surface area (Å²) in [6, 6.07) is 0. The van der Waals surface area contributed by atoms with Crippen LogP contribution in [0.2, 0.25) is 0 Å². The van der Waals surface area contributed by atoms with Crippen LogP contribution in [0.15, 0.2) is 16.9 Å². The molecule has 0 saturated heterocycles. The first-order valence-electron chi connectivity index (χ1n) is 5.18. The highest BCUT2D eigenvalue weighted by Gasteiger charge is 2.00. The van der Waals surface area contributed by atoms with Gasteiger partial charge in [-0.1, -0.05) is 10.4 Å². The largest absolute Gasteiger partial charge is 0.340 e. The van der Waals surface area contributed by atoms with Crippen LogP contribution >= 0.6 is 0 Å². The van der Waals surface area contributed by atoms with Gasteiger partial charge in [0.15, 0.2) is 5.82 Å². The normalized spacial score (nSPS) is 10.8. The first kappa shape index (κ1) is 10.7. The van der Waals surface area contributed by atoms with E-state index in [1.807, 2.05) is 6.20 Å². The summed E-state index contributed by atoms with van der Waals surface area (Å²) in [6.45, 7) is 4.15. The third-order valence-electron chi connectivity index (χ3n) is 2.07. The number of nitrogens with zero attached hydrogens (tertiary/aromatic N) is 5. The van der Waals surface area contributed by atoms with Gasteiger partial charge < -0.3 is 9.84 Å². The number of nitrogens with one attached hydrogen (secondary N) is 1. The lowest BCUT2D eigenvalue weighted by Gasteiger charge is -2.01. The number of hydrogen-bond acceptors (Lipinski definition) is 6. The maximum atomic E-state index is 4.86. The molecule has 2 aromatic rings. The van der Waals surface area contributed by atoms with E-state index < -0.39 is 0 Å². The van der Waals surface area contributed by atoms with Gasteiger partial charge in [-0.3, -0.25) is 4.68 Å². The molecule has 0 atom stereocenters. The topological polar surface area (TPSA) is 81.7 Å². The van der Waals surface area contributed by atoms with Crippen molar-refractivity contribution in [2.75, 3.05) is 6.54 Å². The third-order valence-corrected chi connectivity index (χ3v) is 2.07. The van der Waals surface area contributed by atoms with Crippen molar-refractivity contribution in [3.63, 3.8) is 0 Å². The molecular formula is C9H14N6O. The summed E-state index contributed by atoms with van der Waals surface area (Å²) in [5.74, 6) is 1.29. The lowest BCUT2D eigenvalue weighted by molar-refractivity contribution is 0.385. The van der Waals surface area contributed by atoms with Crippen molar-refractivity contribution in [1.82, 2.24) is 30.5 Å². The van der Waals surface area contributed by atoms with Crippen LogP contribution in [0.1, 0.15) is 18.1 Å². The monoisotopic (exact) mass is 222 g/mol. The van der Waals surface area contributed by atoms with Gasteiger partial charge in [-0.05, 0) is 13.0 Å². The highest BCUT2D eigenvalue weighted by Crippen LogP contribution is 1.94. The maximum absolute atomic E-state index is 4.86. The number of hydrogen-bond donors (Lipinski definition) is 1. The predicted molar refractivity (Wildman–Crippen MR) is 55.4 cm³/mol. The maximum Gasteiger partial charge on any atom is 0.223 e. The van der Waals surface area contributed by atoms with Crippen LogP contribution < -0.4 is 5.32 Å². The molecule has 0 radical (unpaired) electrons. The standard InChI is InChI=1S/C9H14N6O/c1-8-12-9(13-16-8)7-10-3-2-5-15-6-4-11-14-15/h4,6,10H,2-3,5,7H2,1H3. The van der Waals surface area contributed by atoms with Crippen molar-refractivity contribution in [3.8, 4) is 0 Å². The van der Waals surface area contributed by atoms with Gasteiger partial charge >= 0.3 is 0 Å². The molecule has 0 aliphatic rings. The van der Waals surface area contributed by atoms with Gasteiger partial charge in [0.2, 0.25) is 5.89 Å². The summed E-state index contributed by atoms with van der Waals surface area (Å²) in [4.78, 5) is 4.09. The van der Waals surface area contributed by atoms with E-state index in [1.165, 1.54) is 0 Å². The fourth-order valence-electron chi connectivity index (χ4n) is 1.33. The van der Waals surface area contributed by atoms with E-state index >= 15 is 0 Å². The van der Waals surface area contributed by atoms with E-state index in [0.29, 0.717) is 18.3 Å². The molecule has 2 rings (SSSR count). The van der Waals surface area contributed by atoms with Crippen LogP contribution in [0.3, 0.4) is 0 Å². The fraction of sp³-hybridized carbons (Fsp3) is 0.556. The highest BCUT2D eigenvalue weighted by atomic mass is 16.5. The molecule has 0 aliphatic carbocycles. The van der Waals surface area contributed by atoms with Crippen molar-refractivity contribution < 1.29 is 4.52 Å². The van der Waals surface area contributed by atoms with E-state index in [2.05, 4.69) is 25.8 Å². The van der Waals surface area contributed by atoms with E-state index in [4.69, 9.17) is 4.52 Å². The van der Waals surface area contributed by atoms with Crippen molar-refractivity contribution in [2.24, 2.45) is 0 Å². The Morgan fingerprint density at radius 2 is 2.44 bits per heavy atom. The molecule has 0 saturated carbocycles. The van der Waals surface area contributed by atoms with Crippen LogP contribution in [0.25, 0.3) is 0 Å². The van der Waals surface area contributed by atoms with Crippen LogP contribution in [0.4, 0.5) is 0 Å². The second-order valence-electron chi connectivity index (χ2n) is 3.43. The van der Waals surface area contributed by atoms with Gasteiger partial charge in [-0.15, -0.1) is 5.10 Å². The Bertz CT molecular complexity index is 409. The van der Waals surface area contributed by atoms with Crippen molar-refractivity contribution in [2.45, 2.75) is 26.4 Å². The Hall–Kier alpha value is -1.76. The second kappa shape index (κ2) is 5.36. The van der Waals surface area contributed by atoms with Gasteiger partial charge in [0, 0.05) is 19.7 Å². The molecule has 0 fully saturated rings. The van der Waals surface area contributed by atoms with Gasteiger partial charge in [0.1, 0.15) is 0 Å². The van der Waals surface area contributed by atoms with Gasteiger partial charge in [0.25, 0.3) is 0 Å².